The molecule has 0 N–H and O–H groups in total. The molecule has 1 saturated carbocycles. The monoisotopic (exact) mass is 420 g/mol. The topological polar surface area (TPSA) is 49.3 Å². The van der Waals surface area contributed by atoms with Crippen LogP contribution < -0.4 is 4.90 Å². The van der Waals surface area contributed by atoms with Crippen LogP contribution in [0.5, 0.6) is 0 Å². The number of thiol groups is 1. The predicted molar refractivity (Wildman–Crippen MR) is 119 cm³/mol. The van der Waals surface area contributed by atoms with Crippen LogP contribution in [0, 0.1) is 11.8 Å². The summed E-state index contributed by atoms with van der Waals surface area (Å²) in [6.45, 7) is 3.30. The van der Waals surface area contributed by atoms with Gasteiger partial charge in [0, 0.05) is 55.8 Å². The summed E-state index contributed by atoms with van der Waals surface area (Å²) < 4.78 is 0. The van der Waals surface area contributed by atoms with E-state index < -0.39 is 0 Å². The highest BCUT2D eigenvalue weighted by Gasteiger charge is 2.40. The van der Waals surface area contributed by atoms with Crippen molar-refractivity contribution in [2.45, 2.75) is 57.0 Å². The highest BCUT2D eigenvalue weighted by molar-refractivity contribution is 8.13. The number of carbonyl (C=O) groups is 1. The highest BCUT2D eigenvalue weighted by atomic mass is 32.2. The first kappa shape index (κ1) is 20.5. The quantitative estimate of drug-likeness (QED) is 0.713. The lowest BCUT2D eigenvalue weighted by atomic mass is 9.80. The van der Waals surface area contributed by atoms with Crippen LogP contribution in [0.2, 0.25) is 0 Å². The molecular weight excluding hydrogens is 388 g/mol. The lowest BCUT2D eigenvalue weighted by Crippen LogP contribution is -2.54. The van der Waals surface area contributed by atoms with E-state index >= 15 is 0 Å². The van der Waals surface area contributed by atoms with E-state index in [1.165, 1.54) is 30.2 Å². The largest absolute Gasteiger partial charge is 0.332 e. The molecule has 1 aromatic rings. The Morgan fingerprint density at radius 2 is 1.75 bits per heavy atom. The summed E-state index contributed by atoms with van der Waals surface area (Å²) >= 11 is 5.78. The minimum atomic E-state index is 0.279. The number of hydrogen-bond acceptors (Lipinski definition) is 7. The zero-order valence-electron chi connectivity index (χ0n) is 16.8. The van der Waals surface area contributed by atoms with Gasteiger partial charge in [0.25, 0.3) is 0 Å². The summed E-state index contributed by atoms with van der Waals surface area (Å²) in [6, 6.07) is 1.10. The summed E-state index contributed by atoms with van der Waals surface area (Å²) in [4.78, 5) is 26.4. The zero-order chi connectivity index (χ0) is 19.5. The van der Waals surface area contributed by atoms with Crippen molar-refractivity contribution in [3.05, 3.63) is 18.0 Å². The van der Waals surface area contributed by atoms with E-state index in [0.717, 1.165) is 63.4 Å². The second kappa shape index (κ2) is 9.35. The van der Waals surface area contributed by atoms with Gasteiger partial charge in [0.2, 0.25) is 5.95 Å². The number of piperazine rings is 1. The van der Waals surface area contributed by atoms with E-state index in [0.29, 0.717) is 23.1 Å². The van der Waals surface area contributed by atoms with Crippen LogP contribution in [0.4, 0.5) is 5.95 Å². The molecule has 3 heterocycles. The molecule has 2 unspecified atom stereocenters. The first-order valence-corrected chi connectivity index (χ1v) is 12.5. The van der Waals surface area contributed by atoms with Crippen LogP contribution in [0.25, 0.3) is 0 Å². The number of nitrogens with zero attached hydrogens (tertiary/aromatic N) is 4. The van der Waals surface area contributed by atoms with Crippen LogP contribution in [0.15, 0.2) is 12.4 Å². The molecule has 2 atom stereocenters. The fourth-order valence-electron chi connectivity index (χ4n) is 5.33. The summed E-state index contributed by atoms with van der Waals surface area (Å²) in [5.74, 6) is 2.79. The SMILES string of the molecule is CSC(=O)[C@H]1CC[C@H](Cc2cnc(N3C4CCC3CN(CCS)C4)nc2)CC1. The third-order valence-electron chi connectivity index (χ3n) is 6.80. The Balaban J connectivity index is 1.32. The number of anilines is 1. The van der Waals surface area contributed by atoms with Crippen molar-refractivity contribution in [3.8, 4) is 0 Å². The average Bonchev–Trinajstić information content (AvgIpc) is 2.99. The Bertz CT molecular complexity index is 649. The predicted octanol–water partition coefficient (Wildman–Crippen LogP) is 3.30. The van der Waals surface area contributed by atoms with E-state index in [9.17, 15) is 4.79 Å². The van der Waals surface area contributed by atoms with Crippen LogP contribution in [0.3, 0.4) is 0 Å². The van der Waals surface area contributed by atoms with Gasteiger partial charge in [0.15, 0.2) is 5.12 Å². The van der Waals surface area contributed by atoms with Gasteiger partial charge in [0.1, 0.15) is 0 Å². The van der Waals surface area contributed by atoms with Gasteiger partial charge in [0.05, 0.1) is 0 Å². The molecule has 0 aromatic carbocycles. The van der Waals surface area contributed by atoms with Crippen LogP contribution in [-0.2, 0) is 11.2 Å². The maximum atomic E-state index is 11.9. The number of rotatable bonds is 6. The van der Waals surface area contributed by atoms with Crippen LogP contribution >= 0.6 is 24.4 Å². The normalized spacial score (nSPS) is 30.6. The Labute approximate surface area is 178 Å². The fraction of sp³-hybridized carbons (Fsp3) is 0.762. The maximum Gasteiger partial charge on any atom is 0.225 e. The summed E-state index contributed by atoms with van der Waals surface area (Å²) in [6.07, 6.45) is 13.9. The number of likely N-dealkylation sites (tertiary alicyclic amines) is 1. The summed E-state index contributed by atoms with van der Waals surface area (Å²) in [5, 5.41) is 0.371. The first-order valence-electron chi connectivity index (χ1n) is 10.7. The molecular formula is C21H32N4OS2. The average molecular weight is 421 g/mol. The van der Waals surface area contributed by atoms with Crippen molar-refractivity contribution in [2.24, 2.45) is 11.8 Å². The second-order valence-corrected chi connectivity index (χ2v) is 9.87. The van der Waals surface area contributed by atoms with Gasteiger partial charge in [-0.25, -0.2) is 9.97 Å². The van der Waals surface area contributed by atoms with Gasteiger partial charge in [-0.15, -0.1) is 0 Å². The molecule has 0 radical (unpaired) electrons. The molecule has 154 valence electrons. The van der Waals surface area contributed by atoms with Gasteiger partial charge in [-0.05, 0) is 62.7 Å². The molecule has 0 amide bonds. The zero-order valence-corrected chi connectivity index (χ0v) is 18.5. The third kappa shape index (κ3) is 4.51. The number of carbonyl (C=O) groups excluding carboxylic acids is 1. The molecule has 2 bridgehead atoms. The molecule has 2 aliphatic heterocycles. The lowest BCUT2D eigenvalue weighted by Gasteiger charge is -2.41. The van der Waals surface area contributed by atoms with Gasteiger partial charge < -0.3 is 4.90 Å². The van der Waals surface area contributed by atoms with Gasteiger partial charge >= 0.3 is 0 Å². The summed E-state index contributed by atoms with van der Waals surface area (Å²) in [5.41, 5.74) is 1.24. The fourth-order valence-corrected chi connectivity index (χ4v) is 6.18. The molecule has 4 rings (SSSR count). The second-order valence-electron chi connectivity index (χ2n) is 8.61. The van der Waals surface area contributed by atoms with Gasteiger partial charge in [-0.2, -0.15) is 12.6 Å². The smallest absolute Gasteiger partial charge is 0.225 e. The van der Waals surface area contributed by atoms with Crippen molar-refractivity contribution >= 4 is 35.5 Å². The van der Waals surface area contributed by atoms with E-state index in [2.05, 4.69) is 22.4 Å². The van der Waals surface area contributed by atoms with Crippen molar-refractivity contribution < 1.29 is 4.79 Å². The van der Waals surface area contributed by atoms with E-state index in [1.807, 2.05) is 18.6 Å². The van der Waals surface area contributed by atoms with E-state index in [1.54, 1.807) is 0 Å². The molecule has 3 aliphatic rings. The molecule has 0 spiro atoms. The third-order valence-corrected chi connectivity index (χ3v) is 7.74. The number of thioether (sulfide) groups is 1. The molecule has 1 aliphatic carbocycles. The highest BCUT2D eigenvalue weighted by Crippen LogP contribution is 2.34. The Hall–Kier alpha value is -0.790. The molecule has 28 heavy (non-hydrogen) atoms. The molecule has 5 nitrogen and oxygen atoms in total. The molecule has 1 aromatic heterocycles. The number of hydrogen-bond donors (Lipinski definition) is 1. The Kier molecular flexibility index (Phi) is 6.84. The van der Waals surface area contributed by atoms with Crippen molar-refractivity contribution in [1.29, 1.82) is 0 Å². The van der Waals surface area contributed by atoms with Crippen molar-refractivity contribution in [1.82, 2.24) is 14.9 Å². The maximum absolute atomic E-state index is 11.9. The Morgan fingerprint density at radius 1 is 1.11 bits per heavy atom. The van der Waals surface area contributed by atoms with Gasteiger partial charge in [-0.1, -0.05) is 11.8 Å². The van der Waals surface area contributed by atoms with Crippen LogP contribution in [-0.4, -0.2) is 63.7 Å². The van der Waals surface area contributed by atoms with E-state index in [-0.39, 0.29) is 5.92 Å². The van der Waals surface area contributed by atoms with E-state index in [4.69, 9.17) is 9.97 Å². The van der Waals surface area contributed by atoms with Gasteiger partial charge in [-0.3, -0.25) is 9.69 Å². The molecule has 7 heteroatoms. The number of aromatic nitrogens is 2. The van der Waals surface area contributed by atoms with Crippen molar-refractivity contribution in [2.75, 3.05) is 36.5 Å². The first-order chi connectivity index (χ1) is 13.7. The summed E-state index contributed by atoms with van der Waals surface area (Å²) in [7, 11) is 0. The minimum Gasteiger partial charge on any atom is -0.332 e. The minimum absolute atomic E-state index is 0.279. The Morgan fingerprint density at radius 3 is 2.32 bits per heavy atom. The molecule has 2 saturated heterocycles. The lowest BCUT2D eigenvalue weighted by molar-refractivity contribution is -0.115. The van der Waals surface area contributed by atoms with Crippen LogP contribution in [0.1, 0.15) is 44.1 Å². The van der Waals surface area contributed by atoms with Crippen molar-refractivity contribution in [3.63, 3.8) is 0 Å². The number of fused-ring (bicyclic) bond motifs is 2. The standard InChI is InChI=1S/C21H32N4OS2/c1-28-20(26)17-4-2-15(3-5-17)10-16-11-22-21(23-12-16)25-18-6-7-19(25)14-24(13-18)8-9-27/h11-12,15,17-19,27H,2-10,13-14H2,1H3/t15-,17-,18?,19?. The molecule has 3 fully saturated rings.